The molecule has 5 rings (SSSR count). The SMILES string of the molecule is C=Cc1ccc2c(C3=C(c4c(C)sc5ccccc45)C(F)(F)C(F)(F)C3(F)F)c(C)n(C)c2c1. The van der Waals surface area contributed by atoms with Gasteiger partial charge in [-0.3, -0.25) is 0 Å². The minimum Gasteiger partial charge on any atom is -0.347 e. The van der Waals surface area contributed by atoms with Crippen LogP contribution in [0.15, 0.2) is 49.0 Å². The van der Waals surface area contributed by atoms with Gasteiger partial charge < -0.3 is 4.57 Å². The Morgan fingerprint density at radius 2 is 1.47 bits per heavy atom. The molecule has 0 spiro atoms. The summed E-state index contributed by atoms with van der Waals surface area (Å²) in [4.78, 5) is 0.272. The molecule has 0 radical (unpaired) electrons. The van der Waals surface area contributed by atoms with Crippen LogP contribution in [0.5, 0.6) is 0 Å². The average Bonchev–Trinajstić information content (AvgIpc) is 3.27. The summed E-state index contributed by atoms with van der Waals surface area (Å²) in [5, 5.41) is 0.445. The molecule has 0 unspecified atom stereocenters. The predicted molar refractivity (Wildman–Crippen MR) is 126 cm³/mol. The van der Waals surface area contributed by atoms with E-state index in [1.54, 1.807) is 48.0 Å². The first-order valence-electron chi connectivity index (χ1n) is 10.4. The van der Waals surface area contributed by atoms with Gasteiger partial charge in [0.05, 0.1) is 0 Å². The summed E-state index contributed by atoms with van der Waals surface area (Å²) in [7, 11) is 1.59. The van der Waals surface area contributed by atoms with E-state index in [4.69, 9.17) is 0 Å². The van der Waals surface area contributed by atoms with Crippen molar-refractivity contribution in [3.8, 4) is 0 Å². The Bertz CT molecular complexity index is 1540. The maximum absolute atomic E-state index is 15.5. The number of nitrogens with zero attached hydrogens (tertiary/aromatic N) is 1. The van der Waals surface area contributed by atoms with Gasteiger partial charge in [0.15, 0.2) is 0 Å². The fourth-order valence-electron chi connectivity index (χ4n) is 4.89. The van der Waals surface area contributed by atoms with Crippen LogP contribution in [-0.4, -0.2) is 22.3 Å². The van der Waals surface area contributed by atoms with E-state index in [1.807, 2.05) is 0 Å². The van der Waals surface area contributed by atoms with E-state index in [1.165, 1.54) is 26.0 Å². The van der Waals surface area contributed by atoms with Crippen molar-refractivity contribution in [2.45, 2.75) is 31.6 Å². The normalized spacial score (nSPS) is 18.9. The number of allylic oxidation sites excluding steroid dienone is 2. The van der Waals surface area contributed by atoms with E-state index in [0.717, 1.165) is 11.3 Å². The molecule has 1 aliphatic carbocycles. The Labute approximate surface area is 195 Å². The molecule has 34 heavy (non-hydrogen) atoms. The van der Waals surface area contributed by atoms with Gasteiger partial charge in [-0.2, -0.15) is 26.3 Å². The van der Waals surface area contributed by atoms with Crippen LogP contribution in [-0.2, 0) is 7.05 Å². The van der Waals surface area contributed by atoms with Crippen LogP contribution >= 0.6 is 11.3 Å². The van der Waals surface area contributed by atoms with Gasteiger partial charge in [-0.1, -0.05) is 43.0 Å². The summed E-state index contributed by atoms with van der Waals surface area (Å²) in [5.41, 5.74) is -1.84. The topological polar surface area (TPSA) is 4.93 Å². The molecule has 2 aromatic heterocycles. The first-order valence-corrected chi connectivity index (χ1v) is 11.3. The molecule has 2 heterocycles. The molecule has 2 aromatic carbocycles. The van der Waals surface area contributed by atoms with E-state index in [2.05, 4.69) is 6.58 Å². The van der Waals surface area contributed by atoms with Gasteiger partial charge in [-0.15, -0.1) is 11.3 Å². The van der Waals surface area contributed by atoms with E-state index >= 15 is 17.6 Å². The van der Waals surface area contributed by atoms with Crippen LogP contribution < -0.4 is 0 Å². The van der Waals surface area contributed by atoms with Gasteiger partial charge in [0.25, 0.3) is 0 Å². The highest BCUT2D eigenvalue weighted by Gasteiger charge is 2.80. The average molecular weight is 492 g/mol. The second kappa shape index (κ2) is 7.01. The summed E-state index contributed by atoms with van der Waals surface area (Å²) in [6.07, 6.45) is 1.56. The van der Waals surface area contributed by atoms with Crippen molar-refractivity contribution >= 4 is 49.5 Å². The van der Waals surface area contributed by atoms with Crippen LogP contribution in [0, 0.1) is 13.8 Å². The number of aryl methyl sites for hydroxylation is 2. The van der Waals surface area contributed by atoms with Gasteiger partial charge in [-0.25, -0.2) is 0 Å². The number of hydrogen-bond acceptors (Lipinski definition) is 1. The van der Waals surface area contributed by atoms with Crippen molar-refractivity contribution < 1.29 is 26.3 Å². The van der Waals surface area contributed by atoms with Crippen LogP contribution in [0.4, 0.5) is 26.3 Å². The molecule has 4 aromatic rings. The van der Waals surface area contributed by atoms with Crippen molar-refractivity contribution in [2.24, 2.45) is 7.05 Å². The highest BCUT2D eigenvalue weighted by Crippen LogP contribution is 2.66. The second-order valence-corrected chi connectivity index (χ2v) is 9.76. The Morgan fingerprint density at radius 1 is 0.853 bits per heavy atom. The molecule has 8 heteroatoms. The zero-order chi connectivity index (χ0) is 24.8. The minimum atomic E-state index is -5.60. The van der Waals surface area contributed by atoms with Gasteiger partial charge in [-0.05, 0) is 31.5 Å². The molecule has 0 saturated carbocycles. The second-order valence-electron chi connectivity index (χ2n) is 8.50. The predicted octanol–water partition coefficient (Wildman–Crippen LogP) is 8.48. The number of hydrogen-bond donors (Lipinski definition) is 0. The Hall–Kier alpha value is -3.00. The summed E-state index contributed by atoms with van der Waals surface area (Å²) in [6.45, 7) is 6.64. The maximum atomic E-state index is 15.5. The zero-order valence-corrected chi connectivity index (χ0v) is 19.3. The number of alkyl halides is 6. The molecule has 0 bridgehead atoms. The quantitative estimate of drug-likeness (QED) is 0.253. The third-order valence-corrected chi connectivity index (χ3v) is 7.78. The Morgan fingerprint density at radius 3 is 2.12 bits per heavy atom. The minimum absolute atomic E-state index is 0.189. The number of rotatable bonds is 3. The van der Waals surface area contributed by atoms with Gasteiger partial charge in [0.2, 0.25) is 0 Å². The third-order valence-electron chi connectivity index (χ3n) is 6.69. The lowest BCUT2D eigenvalue weighted by molar-refractivity contribution is -0.254. The van der Waals surface area contributed by atoms with Crippen molar-refractivity contribution in [3.63, 3.8) is 0 Å². The number of benzene rings is 2. The maximum Gasteiger partial charge on any atom is 0.380 e. The van der Waals surface area contributed by atoms with Gasteiger partial charge in [0.1, 0.15) is 0 Å². The molecule has 0 N–H and O–H groups in total. The van der Waals surface area contributed by atoms with Crippen molar-refractivity contribution in [3.05, 3.63) is 76.3 Å². The molecule has 0 amide bonds. The fourth-order valence-corrected chi connectivity index (χ4v) is 5.96. The number of thiophene rings is 1. The van der Waals surface area contributed by atoms with Crippen molar-refractivity contribution in [1.82, 2.24) is 4.57 Å². The van der Waals surface area contributed by atoms with E-state index in [9.17, 15) is 8.78 Å². The lowest BCUT2D eigenvalue weighted by Gasteiger charge is -2.26. The lowest BCUT2D eigenvalue weighted by Crippen LogP contribution is -2.49. The Kier molecular flexibility index (Phi) is 4.69. The molecular weight excluding hydrogens is 472 g/mol. The molecule has 0 fully saturated rings. The van der Waals surface area contributed by atoms with Gasteiger partial charge >= 0.3 is 17.8 Å². The fraction of sp³-hybridized carbons (Fsp3) is 0.231. The van der Waals surface area contributed by atoms with Crippen molar-refractivity contribution in [1.29, 1.82) is 0 Å². The van der Waals surface area contributed by atoms with E-state index in [-0.39, 0.29) is 32.5 Å². The summed E-state index contributed by atoms with van der Waals surface area (Å²) < 4.78 is 93.8. The monoisotopic (exact) mass is 491 g/mol. The first-order chi connectivity index (χ1) is 15.9. The van der Waals surface area contributed by atoms with Crippen molar-refractivity contribution in [2.75, 3.05) is 0 Å². The third kappa shape index (κ3) is 2.63. The molecular formula is C26H19F6NS. The molecule has 176 valence electrons. The molecule has 0 atom stereocenters. The highest BCUT2D eigenvalue weighted by atomic mass is 32.1. The first kappa shape index (κ1) is 22.8. The van der Waals surface area contributed by atoms with Crippen LogP contribution in [0.2, 0.25) is 0 Å². The molecule has 0 saturated heterocycles. The highest BCUT2D eigenvalue weighted by molar-refractivity contribution is 7.19. The van der Waals surface area contributed by atoms with E-state index in [0.29, 0.717) is 15.8 Å². The summed E-state index contributed by atoms with van der Waals surface area (Å²) in [5.74, 6) is -15.8. The summed E-state index contributed by atoms with van der Waals surface area (Å²) >= 11 is 1.11. The largest absolute Gasteiger partial charge is 0.380 e. The summed E-state index contributed by atoms with van der Waals surface area (Å²) in [6, 6.07) is 11.1. The number of aromatic nitrogens is 1. The van der Waals surface area contributed by atoms with Crippen LogP contribution in [0.3, 0.4) is 0 Å². The zero-order valence-electron chi connectivity index (χ0n) is 18.4. The lowest BCUT2D eigenvalue weighted by atomic mass is 9.91. The van der Waals surface area contributed by atoms with Crippen LogP contribution in [0.25, 0.3) is 38.2 Å². The number of fused-ring (bicyclic) bond motifs is 2. The Balaban J connectivity index is 2.00. The number of halogens is 6. The molecule has 0 aliphatic heterocycles. The smallest absolute Gasteiger partial charge is 0.347 e. The van der Waals surface area contributed by atoms with Crippen LogP contribution in [0.1, 0.15) is 27.3 Å². The van der Waals surface area contributed by atoms with E-state index < -0.39 is 28.9 Å². The van der Waals surface area contributed by atoms with Gasteiger partial charge in [0, 0.05) is 60.9 Å². The molecule has 1 aliphatic rings. The standard InChI is InChI=1S/C26H19F6NS/c1-5-15-10-11-16-18(12-15)33(4)13(2)20(16)22-23(25(29,30)26(31,32)24(22,27)28)21-14(3)34-19-9-7-6-8-17(19)21/h5-12H,1H2,2-4H3. The molecule has 1 nitrogen and oxygen atoms in total.